The number of nitrogens with one attached hydrogen (secondary N) is 1. The largest absolute Gasteiger partial charge is 0.493 e. The topological polar surface area (TPSA) is 73.9 Å². The predicted molar refractivity (Wildman–Crippen MR) is 109 cm³/mol. The van der Waals surface area contributed by atoms with Crippen molar-refractivity contribution in [2.75, 3.05) is 19.0 Å². The molecule has 0 saturated carbocycles. The zero-order valence-electron chi connectivity index (χ0n) is 16.0. The SMILES string of the molecule is COc1cc(C(=O)OCC(=O)Nc2ccccc2)ccc1OCc1ccccc1. The van der Waals surface area contributed by atoms with Crippen LogP contribution in [0.4, 0.5) is 5.69 Å². The average Bonchev–Trinajstić information content (AvgIpc) is 2.77. The number of amides is 1. The molecule has 3 rings (SSSR count). The van der Waals surface area contributed by atoms with Crippen LogP contribution in [0.1, 0.15) is 15.9 Å². The van der Waals surface area contributed by atoms with Crippen molar-refractivity contribution in [3.8, 4) is 11.5 Å². The Morgan fingerprint density at radius 3 is 2.24 bits per heavy atom. The Labute approximate surface area is 169 Å². The van der Waals surface area contributed by atoms with E-state index in [0.29, 0.717) is 23.8 Å². The van der Waals surface area contributed by atoms with Gasteiger partial charge in [-0.25, -0.2) is 4.79 Å². The van der Waals surface area contributed by atoms with Crippen LogP contribution in [0.25, 0.3) is 0 Å². The molecule has 6 nitrogen and oxygen atoms in total. The van der Waals surface area contributed by atoms with Gasteiger partial charge in [-0.3, -0.25) is 4.79 Å². The first kappa shape index (κ1) is 19.9. The molecule has 0 bridgehead atoms. The Balaban J connectivity index is 1.56. The fourth-order valence-corrected chi connectivity index (χ4v) is 2.58. The summed E-state index contributed by atoms with van der Waals surface area (Å²) in [5.41, 5.74) is 1.92. The molecule has 148 valence electrons. The molecule has 0 aliphatic carbocycles. The maximum Gasteiger partial charge on any atom is 0.338 e. The predicted octanol–water partition coefficient (Wildman–Crippen LogP) is 4.07. The summed E-state index contributed by atoms with van der Waals surface area (Å²) in [7, 11) is 1.49. The molecule has 3 aromatic carbocycles. The first-order chi connectivity index (χ1) is 14.2. The molecule has 0 saturated heterocycles. The van der Waals surface area contributed by atoms with Crippen LogP contribution in [0, 0.1) is 0 Å². The molecule has 29 heavy (non-hydrogen) atoms. The van der Waals surface area contributed by atoms with E-state index in [4.69, 9.17) is 14.2 Å². The molecule has 6 heteroatoms. The van der Waals surface area contributed by atoms with Crippen LogP contribution in [0.5, 0.6) is 11.5 Å². The van der Waals surface area contributed by atoms with Gasteiger partial charge < -0.3 is 19.5 Å². The van der Waals surface area contributed by atoms with Crippen molar-refractivity contribution >= 4 is 17.6 Å². The van der Waals surface area contributed by atoms with E-state index in [-0.39, 0.29) is 12.2 Å². The fourth-order valence-electron chi connectivity index (χ4n) is 2.58. The summed E-state index contributed by atoms with van der Waals surface area (Å²) in [5, 5.41) is 2.65. The summed E-state index contributed by atoms with van der Waals surface area (Å²) in [6, 6.07) is 23.4. The Bertz CT molecular complexity index is 958. The van der Waals surface area contributed by atoms with Crippen molar-refractivity contribution in [2.24, 2.45) is 0 Å². The molecule has 0 aromatic heterocycles. The highest BCUT2D eigenvalue weighted by Gasteiger charge is 2.14. The highest BCUT2D eigenvalue weighted by molar-refractivity contribution is 5.95. The van der Waals surface area contributed by atoms with Gasteiger partial charge in [0.1, 0.15) is 6.61 Å². The second-order valence-electron chi connectivity index (χ2n) is 6.13. The van der Waals surface area contributed by atoms with E-state index < -0.39 is 11.9 Å². The molecule has 0 heterocycles. The fraction of sp³-hybridized carbons (Fsp3) is 0.130. The molecular formula is C23H21NO5. The number of methoxy groups -OCH3 is 1. The Morgan fingerprint density at radius 1 is 0.862 bits per heavy atom. The van der Waals surface area contributed by atoms with Crippen molar-refractivity contribution in [3.05, 3.63) is 90.0 Å². The van der Waals surface area contributed by atoms with Crippen molar-refractivity contribution in [1.29, 1.82) is 0 Å². The lowest BCUT2D eigenvalue weighted by molar-refractivity contribution is -0.119. The van der Waals surface area contributed by atoms with Crippen LogP contribution in [0.2, 0.25) is 0 Å². The maximum atomic E-state index is 12.3. The number of hydrogen-bond acceptors (Lipinski definition) is 5. The van der Waals surface area contributed by atoms with E-state index in [9.17, 15) is 9.59 Å². The van der Waals surface area contributed by atoms with E-state index in [2.05, 4.69) is 5.32 Å². The summed E-state index contributed by atoms with van der Waals surface area (Å²) in [5.74, 6) is -0.126. The summed E-state index contributed by atoms with van der Waals surface area (Å²) < 4.78 is 16.2. The molecule has 0 radical (unpaired) electrons. The van der Waals surface area contributed by atoms with Gasteiger partial charge in [0.15, 0.2) is 18.1 Å². The number of anilines is 1. The number of para-hydroxylation sites is 1. The number of ether oxygens (including phenoxy) is 3. The standard InChI is InChI=1S/C23H21NO5/c1-27-21-14-18(12-13-20(21)28-15-17-8-4-2-5-9-17)23(26)29-16-22(25)24-19-10-6-3-7-11-19/h2-14H,15-16H2,1H3,(H,24,25). The number of rotatable bonds is 8. The third-order valence-electron chi connectivity index (χ3n) is 4.03. The van der Waals surface area contributed by atoms with Gasteiger partial charge in [0.2, 0.25) is 0 Å². The van der Waals surface area contributed by atoms with Crippen LogP contribution in [-0.2, 0) is 16.1 Å². The number of carbonyl (C=O) groups excluding carboxylic acids is 2. The van der Waals surface area contributed by atoms with Gasteiger partial charge in [0, 0.05) is 5.69 Å². The molecule has 1 N–H and O–H groups in total. The van der Waals surface area contributed by atoms with Crippen LogP contribution in [-0.4, -0.2) is 25.6 Å². The zero-order valence-corrected chi connectivity index (χ0v) is 16.0. The van der Waals surface area contributed by atoms with Crippen LogP contribution in [0.15, 0.2) is 78.9 Å². The van der Waals surface area contributed by atoms with Crippen molar-refractivity contribution in [1.82, 2.24) is 0 Å². The molecule has 0 unspecified atom stereocenters. The first-order valence-electron chi connectivity index (χ1n) is 9.02. The molecule has 0 aliphatic heterocycles. The average molecular weight is 391 g/mol. The lowest BCUT2D eigenvalue weighted by atomic mass is 10.2. The molecule has 0 fully saturated rings. The van der Waals surface area contributed by atoms with E-state index in [1.165, 1.54) is 13.2 Å². The van der Waals surface area contributed by atoms with Gasteiger partial charge in [-0.2, -0.15) is 0 Å². The van der Waals surface area contributed by atoms with Gasteiger partial charge in [-0.05, 0) is 35.9 Å². The number of carbonyl (C=O) groups is 2. The number of esters is 1. The summed E-state index contributed by atoms with van der Waals surface area (Å²) >= 11 is 0. The lowest BCUT2D eigenvalue weighted by Crippen LogP contribution is -2.20. The Morgan fingerprint density at radius 2 is 1.55 bits per heavy atom. The highest BCUT2D eigenvalue weighted by atomic mass is 16.5. The quantitative estimate of drug-likeness (QED) is 0.586. The minimum absolute atomic E-state index is 0.265. The van der Waals surface area contributed by atoms with Gasteiger partial charge in [-0.1, -0.05) is 48.5 Å². The second-order valence-corrected chi connectivity index (χ2v) is 6.13. The van der Waals surface area contributed by atoms with Crippen molar-refractivity contribution < 1.29 is 23.8 Å². The van der Waals surface area contributed by atoms with Crippen LogP contribution >= 0.6 is 0 Å². The smallest absolute Gasteiger partial charge is 0.338 e. The highest BCUT2D eigenvalue weighted by Crippen LogP contribution is 2.29. The second kappa shape index (κ2) is 9.94. The normalized spacial score (nSPS) is 10.1. The van der Waals surface area contributed by atoms with Crippen LogP contribution < -0.4 is 14.8 Å². The molecular weight excluding hydrogens is 370 g/mol. The minimum Gasteiger partial charge on any atom is -0.493 e. The molecule has 1 amide bonds. The summed E-state index contributed by atoms with van der Waals surface area (Å²) in [4.78, 5) is 24.2. The van der Waals surface area contributed by atoms with Gasteiger partial charge in [-0.15, -0.1) is 0 Å². The Hall–Kier alpha value is -3.80. The molecule has 0 atom stereocenters. The molecule has 3 aromatic rings. The molecule has 0 aliphatic rings. The van der Waals surface area contributed by atoms with Gasteiger partial charge in [0.05, 0.1) is 12.7 Å². The van der Waals surface area contributed by atoms with E-state index in [1.54, 1.807) is 36.4 Å². The lowest BCUT2D eigenvalue weighted by Gasteiger charge is -2.12. The van der Waals surface area contributed by atoms with E-state index >= 15 is 0 Å². The third kappa shape index (κ3) is 5.84. The monoisotopic (exact) mass is 391 g/mol. The van der Waals surface area contributed by atoms with Crippen molar-refractivity contribution in [3.63, 3.8) is 0 Å². The van der Waals surface area contributed by atoms with Gasteiger partial charge in [0.25, 0.3) is 5.91 Å². The maximum absolute atomic E-state index is 12.3. The van der Waals surface area contributed by atoms with E-state index in [0.717, 1.165) is 5.56 Å². The van der Waals surface area contributed by atoms with Crippen LogP contribution in [0.3, 0.4) is 0 Å². The summed E-state index contributed by atoms with van der Waals surface area (Å²) in [6.45, 7) is -0.0110. The number of hydrogen-bond donors (Lipinski definition) is 1. The minimum atomic E-state index is -0.624. The first-order valence-corrected chi connectivity index (χ1v) is 9.02. The molecule has 0 spiro atoms. The van der Waals surface area contributed by atoms with Gasteiger partial charge >= 0.3 is 5.97 Å². The van der Waals surface area contributed by atoms with E-state index in [1.807, 2.05) is 36.4 Å². The number of benzene rings is 3. The van der Waals surface area contributed by atoms with Crippen molar-refractivity contribution in [2.45, 2.75) is 6.61 Å². The Kier molecular flexibility index (Phi) is 6.84. The third-order valence-corrected chi connectivity index (χ3v) is 4.03. The zero-order chi connectivity index (χ0) is 20.5. The summed E-state index contributed by atoms with van der Waals surface area (Å²) in [6.07, 6.45) is 0.